The first-order chi connectivity index (χ1) is 17.1. The highest BCUT2D eigenvalue weighted by molar-refractivity contribution is 7.19. The zero-order chi connectivity index (χ0) is 24.6. The van der Waals surface area contributed by atoms with Gasteiger partial charge in [0.2, 0.25) is 10.3 Å². The number of nitrogens with zero attached hydrogens (tertiary/aromatic N) is 4. The summed E-state index contributed by atoms with van der Waals surface area (Å²) < 4.78 is 15.8. The zero-order valence-corrected chi connectivity index (χ0v) is 19.6. The highest BCUT2D eigenvalue weighted by Crippen LogP contribution is 2.25. The van der Waals surface area contributed by atoms with Crippen LogP contribution in [0.3, 0.4) is 0 Å². The van der Waals surface area contributed by atoms with Crippen molar-refractivity contribution in [1.29, 1.82) is 5.26 Å². The number of methoxy groups -OCH3 is 1. The van der Waals surface area contributed by atoms with Gasteiger partial charge >= 0.3 is 5.97 Å². The molecule has 0 aliphatic carbocycles. The van der Waals surface area contributed by atoms with Gasteiger partial charge in [-0.2, -0.15) is 5.26 Å². The average molecular weight is 492 g/mol. The van der Waals surface area contributed by atoms with E-state index in [1.807, 2.05) is 11.0 Å². The first-order valence-corrected chi connectivity index (χ1v) is 11.4. The Morgan fingerprint density at radius 1 is 1.14 bits per heavy atom. The SMILES string of the molecule is COc1cccc(C(=O)Oc2ccc(C=C(C#N)C(=O)Nc3nnc(N4CCOCC4)s3)cc2)c1. The molecule has 1 saturated heterocycles. The van der Waals surface area contributed by atoms with Crippen LogP contribution < -0.4 is 19.7 Å². The van der Waals surface area contributed by atoms with Crippen molar-refractivity contribution in [3.05, 3.63) is 65.2 Å². The summed E-state index contributed by atoms with van der Waals surface area (Å²) in [6.07, 6.45) is 1.44. The minimum atomic E-state index is -0.592. The Balaban J connectivity index is 1.38. The standard InChI is InChI=1S/C24H21N5O5S/c1-32-20-4-2-3-17(14-20)22(31)34-19-7-5-16(6-8-19)13-18(15-25)21(30)26-23-27-28-24(35-23)29-9-11-33-12-10-29/h2-8,13-14H,9-12H2,1H3,(H,26,27,30). The van der Waals surface area contributed by atoms with Crippen molar-refractivity contribution >= 4 is 39.6 Å². The van der Waals surface area contributed by atoms with Crippen molar-refractivity contribution in [2.75, 3.05) is 43.6 Å². The highest BCUT2D eigenvalue weighted by Gasteiger charge is 2.18. The summed E-state index contributed by atoms with van der Waals surface area (Å²) in [5.74, 6) is -0.251. The van der Waals surface area contributed by atoms with E-state index in [2.05, 4.69) is 15.5 Å². The highest BCUT2D eigenvalue weighted by atomic mass is 32.1. The normalized spacial score (nSPS) is 13.6. The summed E-state index contributed by atoms with van der Waals surface area (Å²) in [5.41, 5.74) is 0.837. The third-order valence-corrected chi connectivity index (χ3v) is 5.89. The zero-order valence-electron chi connectivity index (χ0n) is 18.8. The summed E-state index contributed by atoms with van der Waals surface area (Å²) in [6, 6.07) is 15.0. The van der Waals surface area contributed by atoms with Gasteiger partial charge in [0, 0.05) is 13.1 Å². The number of carbonyl (C=O) groups excluding carboxylic acids is 2. The Bertz CT molecular complexity index is 1280. The molecule has 0 radical (unpaired) electrons. The third kappa shape index (κ3) is 6.20. The maximum absolute atomic E-state index is 12.6. The molecule has 1 fully saturated rings. The van der Waals surface area contributed by atoms with E-state index in [4.69, 9.17) is 14.2 Å². The number of aromatic nitrogens is 2. The van der Waals surface area contributed by atoms with E-state index in [1.54, 1.807) is 48.5 Å². The molecule has 1 aliphatic heterocycles. The lowest BCUT2D eigenvalue weighted by Gasteiger charge is -2.25. The molecule has 0 unspecified atom stereocenters. The van der Waals surface area contributed by atoms with Crippen molar-refractivity contribution in [3.63, 3.8) is 0 Å². The molecule has 2 heterocycles. The van der Waals surface area contributed by atoms with Crippen LogP contribution in [0, 0.1) is 11.3 Å². The van der Waals surface area contributed by atoms with E-state index in [0.717, 1.165) is 0 Å². The summed E-state index contributed by atoms with van der Waals surface area (Å²) in [6.45, 7) is 2.64. The topological polar surface area (TPSA) is 127 Å². The number of nitriles is 1. The van der Waals surface area contributed by atoms with Crippen LogP contribution >= 0.6 is 11.3 Å². The molecule has 4 rings (SSSR count). The first kappa shape index (κ1) is 23.9. The van der Waals surface area contributed by atoms with Crippen molar-refractivity contribution in [1.82, 2.24) is 10.2 Å². The Kier molecular flexibility index (Phi) is 7.67. The second kappa shape index (κ2) is 11.2. The van der Waals surface area contributed by atoms with Gasteiger partial charge in [0.25, 0.3) is 5.91 Å². The lowest BCUT2D eigenvalue weighted by Crippen LogP contribution is -2.36. The number of anilines is 2. The molecule has 1 N–H and O–H groups in total. The number of benzene rings is 2. The Morgan fingerprint density at radius 2 is 1.91 bits per heavy atom. The molecule has 0 atom stereocenters. The summed E-state index contributed by atoms with van der Waals surface area (Å²) in [7, 11) is 1.52. The Hall–Kier alpha value is -4.27. The van der Waals surface area contributed by atoms with Gasteiger partial charge in [-0.1, -0.05) is 29.5 Å². The fourth-order valence-electron chi connectivity index (χ4n) is 3.18. The van der Waals surface area contributed by atoms with Gasteiger partial charge in [0.1, 0.15) is 23.1 Å². The van der Waals surface area contributed by atoms with Crippen LogP contribution in [-0.4, -0.2) is 55.5 Å². The summed E-state index contributed by atoms with van der Waals surface area (Å²) >= 11 is 1.23. The van der Waals surface area contributed by atoms with E-state index in [1.165, 1.54) is 24.5 Å². The number of carbonyl (C=O) groups is 2. The van der Waals surface area contributed by atoms with Crippen LogP contribution in [0.4, 0.5) is 10.3 Å². The minimum Gasteiger partial charge on any atom is -0.497 e. The molecule has 0 bridgehead atoms. The van der Waals surface area contributed by atoms with Crippen LogP contribution in [0.15, 0.2) is 54.1 Å². The van der Waals surface area contributed by atoms with Crippen molar-refractivity contribution in [2.24, 2.45) is 0 Å². The van der Waals surface area contributed by atoms with Gasteiger partial charge in [-0.05, 0) is 42.0 Å². The third-order valence-electron chi connectivity index (χ3n) is 4.99. The quantitative estimate of drug-likeness (QED) is 0.229. The van der Waals surface area contributed by atoms with E-state index in [0.29, 0.717) is 59.2 Å². The molecule has 0 saturated carbocycles. The van der Waals surface area contributed by atoms with Crippen LogP contribution in [-0.2, 0) is 9.53 Å². The summed E-state index contributed by atoms with van der Waals surface area (Å²) in [4.78, 5) is 27.0. The number of ether oxygens (including phenoxy) is 3. The monoisotopic (exact) mass is 491 g/mol. The minimum absolute atomic E-state index is 0.103. The number of nitrogens with one attached hydrogen (secondary N) is 1. The second-order valence-corrected chi connectivity index (χ2v) is 8.26. The number of amides is 1. The van der Waals surface area contributed by atoms with Gasteiger partial charge in [-0.25, -0.2) is 4.79 Å². The smallest absolute Gasteiger partial charge is 0.343 e. The number of rotatable bonds is 7. The Morgan fingerprint density at radius 3 is 2.63 bits per heavy atom. The lowest BCUT2D eigenvalue weighted by atomic mass is 10.1. The maximum atomic E-state index is 12.6. The fraction of sp³-hybridized carbons (Fsp3) is 0.208. The van der Waals surface area contributed by atoms with Gasteiger partial charge in [-0.3, -0.25) is 10.1 Å². The maximum Gasteiger partial charge on any atom is 0.343 e. The van der Waals surface area contributed by atoms with E-state index < -0.39 is 11.9 Å². The van der Waals surface area contributed by atoms with Gasteiger partial charge in [0.05, 0.1) is 25.9 Å². The van der Waals surface area contributed by atoms with Gasteiger partial charge in [0.15, 0.2) is 0 Å². The van der Waals surface area contributed by atoms with E-state index in [-0.39, 0.29) is 5.57 Å². The fourth-order valence-corrected chi connectivity index (χ4v) is 3.97. The second-order valence-electron chi connectivity index (χ2n) is 7.30. The van der Waals surface area contributed by atoms with Crippen LogP contribution in [0.2, 0.25) is 0 Å². The molecular weight excluding hydrogens is 470 g/mol. The number of hydrogen-bond acceptors (Lipinski definition) is 10. The van der Waals surface area contributed by atoms with Crippen LogP contribution in [0.5, 0.6) is 11.5 Å². The number of morpholine rings is 1. The molecule has 2 aromatic carbocycles. The van der Waals surface area contributed by atoms with Crippen molar-refractivity contribution < 1.29 is 23.8 Å². The number of hydrogen-bond donors (Lipinski definition) is 1. The average Bonchev–Trinajstić information content (AvgIpc) is 3.37. The van der Waals surface area contributed by atoms with Gasteiger partial charge < -0.3 is 19.1 Å². The first-order valence-electron chi connectivity index (χ1n) is 10.6. The molecule has 10 nitrogen and oxygen atoms in total. The number of esters is 1. The van der Waals surface area contributed by atoms with E-state index in [9.17, 15) is 14.9 Å². The molecular formula is C24H21N5O5S. The predicted octanol–water partition coefficient (Wildman–Crippen LogP) is 3.15. The molecule has 3 aromatic rings. The summed E-state index contributed by atoms with van der Waals surface area (Å²) in [5, 5.41) is 21.2. The van der Waals surface area contributed by atoms with Crippen LogP contribution in [0.25, 0.3) is 6.08 Å². The molecule has 11 heteroatoms. The molecule has 0 spiro atoms. The largest absolute Gasteiger partial charge is 0.497 e. The molecule has 1 amide bonds. The van der Waals surface area contributed by atoms with Crippen molar-refractivity contribution in [2.45, 2.75) is 0 Å². The lowest BCUT2D eigenvalue weighted by molar-refractivity contribution is -0.112. The van der Waals surface area contributed by atoms with E-state index >= 15 is 0 Å². The molecule has 178 valence electrons. The molecule has 35 heavy (non-hydrogen) atoms. The molecule has 1 aromatic heterocycles. The van der Waals surface area contributed by atoms with Crippen LogP contribution in [0.1, 0.15) is 15.9 Å². The van der Waals surface area contributed by atoms with Crippen molar-refractivity contribution in [3.8, 4) is 17.6 Å². The molecule has 1 aliphatic rings. The Labute approximate surface area is 205 Å². The predicted molar refractivity (Wildman–Crippen MR) is 130 cm³/mol. The van der Waals surface area contributed by atoms with Gasteiger partial charge in [-0.15, -0.1) is 10.2 Å².